The number of imide groups is 1. The van der Waals surface area contributed by atoms with Gasteiger partial charge in [-0.25, -0.2) is 0 Å². The summed E-state index contributed by atoms with van der Waals surface area (Å²) in [7, 11) is 1.63. The highest BCUT2D eigenvalue weighted by Gasteiger charge is 2.29. The number of esters is 1. The van der Waals surface area contributed by atoms with Crippen LogP contribution in [0.4, 0.5) is 0 Å². The standard InChI is InChI=1S/C31H60N2O8.C25H43NO10.C18H18O2.C4H10.2C2H6/c1-3-4-5-6-7-8-9-10-14-17-30(35)33-29(31(32)36)16-13-11-12-15-28(34)18-19-38-22-23-40-26-27-41-25-24-39-21-20-37-2;1-2-9-30-11-13-32-15-17-34-19-21-36-22-20-35-18-16-33-14-12-31-10-3-4-23(27)7-8-26-24(28)5-6-25(26)29;1-2-7-18(19)20-12-17-15-10-5-3-8-13(15)14-9-4-6-11-16(14)17;1-3-4-2;2*1-2/h29H,3-27H2,1-2H3,(H2,32,36)(H,33,35);5-6H,2-4,7-22H2,1H3;3-6,8-11,17H,2,7,12H2,1H3;3-4H2,1-2H3;2*1-2H3. The van der Waals surface area contributed by atoms with Gasteiger partial charge in [0, 0.05) is 83.5 Å². The van der Waals surface area contributed by atoms with E-state index in [-0.39, 0.29) is 54.1 Å². The van der Waals surface area contributed by atoms with Gasteiger partial charge in [-0.3, -0.25) is 38.5 Å². The number of methoxy groups -OCH3 is 1. The third-order valence-corrected chi connectivity index (χ3v) is 15.9. The molecule has 23 heteroatoms. The summed E-state index contributed by atoms with van der Waals surface area (Å²) < 4.78 is 69.7. The quantitative estimate of drug-likeness (QED) is 0.0353. The number of unbranched alkanes of at least 4 members (excludes halogenated alkanes) is 11. The highest BCUT2D eigenvalue weighted by Crippen LogP contribution is 2.44. The summed E-state index contributed by atoms with van der Waals surface area (Å²) in [6, 6.07) is 16.1. The van der Waals surface area contributed by atoms with Crippen molar-refractivity contribution in [2.75, 3.05) is 172 Å². The molecule has 1 aliphatic carbocycles. The number of nitrogens with two attached hydrogens (primary N) is 1. The minimum absolute atomic E-state index is 0.00465. The predicted molar refractivity (Wildman–Crippen MR) is 414 cm³/mol. The number of carbonyl (C=O) groups is 7. The van der Waals surface area contributed by atoms with Crippen molar-refractivity contribution in [2.24, 2.45) is 5.73 Å². The molecule has 4 rings (SSSR count). The molecular formula is C82H143N3O20. The lowest BCUT2D eigenvalue weighted by Gasteiger charge is -2.15. The van der Waals surface area contributed by atoms with Crippen molar-refractivity contribution in [3.05, 3.63) is 71.8 Å². The lowest BCUT2D eigenvalue weighted by atomic mass is 9.98. The van der Waals surface area contributed by atoms with Gasteiger partial charge in [0.05, 0.1) is 139 Å². The van der Waals surface area contributed by atoms with Gasteiger partial charge >= 0.3 is 5.97 Å². The Kier molecular flexibility index (Phi) is 75.7. The van der Waals surface area contributed by atoms with Gasteiger partial charge in [0.2, 0.25) is 11.8 Å². The largest absolute Gasteiger partial charge is 0.465 e. The number of amides is 4. The highest BCUT2D eigenvalue weighted by atomic mass is 16.6. The van der Waals surface area contributed by atoms with Gasteiger partial charge in [0.1, 0.15) is 24.2 Å². The Morgan fingerprint density at radius 2 is 0.781 bits per heavy atom. The number of ketones is 2. The maximum Gasteiger partial charge on any atom is 0.305 e. The smallest absolute Gasteiger partial charge is 0.305 e. The molecule has 0 saturated heterocycles. The van der Waals surface area contributed by atoms with Crippen LogP contribution in [0, 0.1) is 0 Å². The molecule has 1 heterocycles. The molecule has 3 N–H and O–H groups in total. The molecule has 1 unspecified atom stereocenters. The minimum atomic E-state index is -0.640. The predicted octanol–water partition coefficient (Wildman–Crippen LogP) is 13.7. The number of Topliss-reactive ketones (excluding diaryl/α,β-unsaturated/α-hetero) is 2. The maximum atomic E-state index is 12.2. The molecule has 23 nitrogen and oxygen atoms in total. The first-order valence-electron chi connectivity index (χ1n) is 39.7. The van der Waals surface area contributed by atoms with Crippen LogP contribution in [0.15, 0.2) is 60.7 Å². The second-order valence-corrected chi connectivity index (χ2v) is 24.4. The number of carbonyl (C=O) groups excluding carboxylic acids is 7. The number of nitrogens with zero attached hydrogens (tertiary/aromatic N) is 1. The summed E-state index contributed by atoms with van der Waals surface area (Å²) in [5.41, 5.74) is 10.5. The first-order chi connectivity index (χ1) is 51.4. The molecule has 0 aromatic heterocycles. The topological polar surface area (TPSA) is 281 Å². The van der Waals surface area contributed by atoms with Crippen molar-refractivity contribution < 1.29 is 95.1 Å². The fraction of sp³-hybridized carbons (Fsp3) is 0.744. The summed E-state index contributed by atoms with van der Waals surface area (Å²) in [6.07, 6.45) is 23.4. The molecule has 0 saturated carbocycles. The molecule has 0 spiro atoms. The zero-order valence-corrected chi connectivity index (χ0v) is 66.8. The third-order valence-electron chi connectivity index (χ3n) is 15.9. The summed E-state index contributed by atoms with van der Waals surface area (Å²) in [5.74, 6) is -1.10. The molecule has 606 valence electrons. The van der Waals surface area contributed by atoms with Crippen LogP contribution >= 0.6 is 0 Å². The molecule has 2 aromatic rings. The zero-order valence-electron chi connectivity index (χ0n) is 66.8. The van der Waals surface area contributed by atoms with Crippen molar-refractivity contribution in [3.8, 4) is 11.1 Å². The third kappa shape index (κ3) is 60.2. The number of hydrogen-bond donors (Lipinski definition) is 2. The zero-order chi connectivity index (χ0) is 77.7. The van der Waals surface area contributed by atoms with Crippen LogP contribution in [0.5, 0.6) is 0 Å². The van der Waals surface area contributed by atoms with Crippen molar-refractivity contribution >= 4 is 41.2 Å². The first-order valence-corrected chi connectivity index (χ1v) is 39.7. The number of primary amides is 1. The average molecular weight is 1490 g/mol. The molecule has 2 aromatic carbocycles. The maximum absolute atomic E-state index is 12.2. The summed E-state index contributed by atoms with van der Waals surface area (Å²) in [4.78, 5) is 83.4. The first kappa shape index (κ1) is 102. The number of benzene rings is 2. The van der Waals surface area contributed by atoms with E-state index in [4.69, 9.17) is 67.3 Å². The number of fused-ring (bicyclic) bond motifs is 3. The lowest BCUT2D eigenvalue weighted by molar-refractivity contribution is -0.144. The van der Waals surface area contributed by atoms with E-state index in [9.17, 15) is 33.6 Å². The Morgan fingerprint density at radius 1 is 0.400 bits per heavy atom. The van der Waals surface area contributed by atoms with Crippen LogP contribution in [0.2, 0.25) is 0 Å². The van der Waals surface area contributed by atoms with Gasteiger partial charge in [-0.15, -0.1) is 0 Å². The van der Waals surface area contributed by atoms with E-state index >= 15 is 0 Å². The minimum Gasteiger partial charge on any atom is -0.465 e. The van der Waals surface area contributed by atoms with Gasteiger partial charge in [-0.2, -0.15) is 0 Å². The van der Waals surface area contributed by atoms with E-state index in [1.807, 2.05) is 46.8 Å². The van der Waals surface area contributed by atoms with E-state index in [0.717, 1.165) is 62.9 Å². The van der Waals surface area contributed by atoms with Crippen LogP contribution in [-0.4, -0.2) is 224 Å². The van der Waals surface area contributed by atoms with Crippen LogP contribution in [0.25, 0.3) is 11.1 Å². The molecule has 0 fully saturated rings. The molecule has 0 bridgehead atoms. The fourth-order valence-electron chi connectivity index (χ4n) is 10.1. The van der Waals surface area contributed by atoms with Crippen LogP contribution < -0.4 is 11.1 Å². The van der Waals surface area contributed by atoms with Gasteiger partial charge in [0.15, 0.2) is 0 Å². The number of nitrogens with one attached hydrogen (secondary N) is 1. The Balaban J connectivity index is 0. The molecular weight excluding hydrogens is 1350 g/mol. The number of rotatable bonds is 65. The second-order valence-electron chi connectivity index (χ2n) is 24.4. The molecule has 0 radical (unpaired) electrons. The van der Waals surface area contributed by atoms with Crippen molar-refractivity contribution in [2.45, 2.75) is 228 Å². The van der Waals surface area contributed by atoms with Crippen molar-refractivity contribution in [1.29, 1.82) is 0 Å². The SMILES string of the molecule is CC.CC.CCCC.CCCC(=O)OCC1c2ccccc2-c2ccccc21.CCCCCCCCCCCC(=O)NC(CCCCCC(=O)CCOCCOCCOCCOCCOC)C(N)=O.CCCOCCOCCOCCOCCOCCOCCOCCCC(=O)CCN1C(=O)C=CC1=O. The lowest BCUT2D eigenvalue weighted by Crippen LogP contribution is -2.44. The van der Waals surface area contributed by atoms with E-state index in [2.05, 4.69) is 69.4 Å². The molecule has 105 heavy (non-hydrogen) atoms. The normalized spacial score (nSPS) is 12.1. The molecule has 1 aliphatic heterocycles. The van der Waals surface area contributed by atoms with Crippen molar-refractivity contribution in [1.82, 2.24) is 10.2 Å². The van der Waals surface area contributed by atoms with Gasteiger partial charge in [0.25, 0.3) is 11.8 Å². The van der Waals surface area contributed by atoms with E-state index < -0.39 is 11.9 Å². The summed E-state index contributed by atoms with van der Waals surface area (Å²) in [6.45, 7) is 31.1. The number of hydrogen-bond acceptors (Lipinski definition) is 20. The Bertz CT molecular complexity index is 2350. The summed E-state index contributed by atoms with van der Waals surface area (Å²) >= 11 is 0. The van der Waals surface area contributed by atoms with Gasteiger partial charge < -0.3 is 72.6 Å². The summed E-state index contributed by atoms with van der Waals surface area (Å²) in [5, 5.41) is 2.79. The molecule has 4 amide bonds. The van der Waals surface area contributed by atoms with E-state index in [1.54, 1.807) is 7.11 Å². The van der Waals surface area contributed by atoms with Crippen molar-refractivity contribution in [3.63, 3.8) is 0 Å². The Labute approximate surface area is 633 Å². The Hall–Kier alpha value is -5.41. The van der Waals surface area contributed by atoms with Crippen LogP contribution in [0.1, 0.15) is 233 Å². The fourth-order valence-corrected chi connectivity index (χ4v) is 10.1. The van der Waals surface area contributed by atoms with Crippen LogP contribution in [0.3, 0.4) is 0 Å². The Morgan fingerprint density at radius 3 is 1.21 bits per heavy atom. The highest BCUT2D eigenvalue weighted by molar-refractivity contribution is 6.13. The van der Waals surface area contributed by atoms with Gasteiger partial charge in [-0.05, 0) is 60.8 Å². The van der Waals surface area contributed by atoms with E-state index in [0.29, 0.717) is 197 Å². The molecule has 1 atom stereocenters. The average Bonchev–Trinajstić information content (AvgIpc) is 1.62. The van der Waals surface area contributed by atoms with E-state index in [1.165, 1.54) is 85.8 Å². The van der Waals surface area contributed by atoms with Gasteiger partial charge in [-0.1, -0.05) is 188 Å². The molecule has 2 aliphatic rings. The van der Waals surface area contributed by atoms with Crippen LogP contribution in [-0.2, 0) is 95.1 Å². The monoisotopic (exact) mass is 1490 g/mol. The number of ether oxygens (including phenoxy) is 13. The second kappa shape index (κ2) is 78.2.